The Kier molecular flexibility index (Phi) is 5.51. The SMILES string of the molecule is CN/C=C1\C(=O)O[C@H](COC)[C@@]2(C)C1=C(O)C(=O)C1=C2[C@H](OC(C)=O)C[C@]2(C)C(=O)CC[C@@H]12. The highest BCUT2D eigenvalue weighted by atomic mass is 16.6. The lowest BCUT2D eigenvalue weighted by atomic mass is 9.53. The lowest BCUT2D eigenvalue weighted by Gasteiger charge is -2.53. The van der Waals surface area contributed by atoms with Gasteiger partial charge in [-0.1, -0.05) is 6.92 Å². The van der Waals surface area contributed by atoms with E-state index in [1.807, 2.05) is 0 Å². The van der Waals surface area contributed by atoms with Crippen LogP contribution in [0.4, 0.5) is 0 Å². The summed E-state index contributed by atoms with van der Waals surface area (Å²) in [6.07, 6.45) is 0.557. The van der Waals surface area contributed by atoms with Gasteiger partial charge in [0.05, 0.1) is 17.6 Å². The van der Waals surface area contributed by atoms with Crippen LogP contribution in [0.2, 0.25) is 0 Å². The molecule has 0 amide bonds. The minimum Gasteiger partial charge on any atom is -0.504 e. The minimum atomic E-state index is -1.22. The van der Waals surface area contributed by atoms with E-state index in [4.69, 9.17) is 14.2 Å². The standard InChI is InChI=1S/C24H29NO8/c1-11(26)32-14-8-23(2)13(6-7-15(23)27)17-19(14)24(3)16(10-31-5)33-22(30)12(9-25-4)18(24)21(29)20(17)28/h9,13-14,16,25,29H,6-8,10H2,1-5H3/b12-9-/t13-,14+,16+,23-,24-/m0/s1. The predicted octanol–water partition coefficient (Wildman–Crippen LogP) is 1.68. The molecule has 4 aliphatic rings. The molecule has 1 heterocycles. The maximum absolute atomic E-state index is 13.7. The number of hydrogen-bond donors (Lipinski definition) is 2. The van der Waals surface area contributed by atoms with E-state index in [1.54, 1.807) is 20.9 Å². The Morgan fingerprint density at radius 3 is 2.61 bits per heavy atom. The molecule has 5 atom stereocenters. The maximum atomic E-state index is 13.7. The fraction of sp³-hybridized carbons (Fsp3) is 0.583. The first-order valence-electron chi connectivity index (χ1n) is 11.0. The number of hydrogen-bond acceptors (Lipinski definition) is 9. The van der Waals surface area contributed by atoms with Crippen molar-refractivity contribution in [1.82, 2.24) is 5.32 Å². The highest BCUT2D eigenvalue weighted by Crippen LogP contribution is 2.62. The molecule has 2 fully saturated rings. The topological polar surface area (TPSA) is 128 Å². The van der Waals surface area contributed by atoms with Crippen LogP contribution in [0.1, 0.15) is 40.0 Å². The molecule has 2 N–H and O–H groups in total. The van der Waals surface area contributed by atoms with E-state index in [9.17, 15) is 24.3 Å². The van der Waals surface area contributed by atoms with Gasteiger partial charge >= 0.3 is 11.9 Å². The molecule has 0 radical (unpaired) electrons. The molecule has 1 saturated heterocycles. The molecule has 0 aromatic carbocycles. The number of allylic oxidation sites excluding steroid dienone is 1. The molecule has 1 aliphatic heterocycles. The number of ether oxygens (including phenoxy) is 3. The Balaban J connectivity index is 2.04. The molecule has 0 spiro atoms. The van der Waals surface area contributed by atoms with E-state index >= 15 is 0 Å². The lowest BCUT2D eigenvalue weighted by Crippen LogP contribution is -2.57. The van der Waals surface area contributed by atoms with Gasteiger partial charge in [-0.25, -0.2) is 4.79 Å². The van der Waals surface area contributed by atoms with Gasteiger partial charge in [0.25, 0.3) is 0 Å². The molecule has 0 unspecified atom stereocenters. The number of rotatable bonds is 4. The molecule has 4 rings (SSSR count). The molecule has 3 aliphatic carbocycles. The zero-order valence-corrected chi connectivity index (χ0v) is 19.4. The van der Waals surface area contributed by atoms with Crippen LogP contribution in [0, 0.1) is 16.7 Å². The monoisotopic (exact) mass is 459 g/mol. The fourth-order valence-corrected chi connectivity index (χ4v) is 6.24. The van der Waals surface area contributed by atoms with Crippen molar-refractivity contribution >= 4 is 23.5 Å². The molecule has 33 heavy (non-hydrogen) atoms. The van der Waals surface area contributed by atoms with Crippen molar-refractivity contribution in [3.63, 3.8) is 0 Å². The minimum absolute atomic E-state index is 0.00250. The number of Topliss-reactive ketones (excluding diaryl/α,β-unsaturated/α-hetero) is 2. The third-order valence-corrected chi connectivity index (χ3v) is 7.71. The summed E-state index contributed by atoms with van der Waals surface area (Å²) >= 11 is 0. The van der Waals surface area contributed by atoms with Crippen LogP contribution in [0.25, 0.3) is 0 Å². The van der Waals surface area contributed by atoms with E-state index < -0.39 is 52.4 Å². The van der Waals surface area contributed by atoms with Crippen LogP contribution >= 0.6 is 0 Å². The van der Waals surface area contributed by atoms with Gasteiger partial charge in [0.2, 0.25) is 5.78 Å². The van der Waals surface area contributed by atoms with Crippen LogP contribution < -0.4 is 5.32 Å². The summed E-state index contributed by atoms with van der Waals surface area (Å²) in [4.78, 5) is 51.4. The van der Waals surface area contributed by atoms with Gasteiger partial charge in [-0.05, 0) is 18.9 Å². The first kappa shape index (κ1) is 23.2. The first-order valence-corrected chi connectivity index (χ1v) is 11.0. The second-order valence-electron chi connectivity index (χ2n) is 9.51. The van der Waals surface area contributed by atoms with E-state index in [0.717, 1.165) is 0 Å². The average Bonchev–Trinajstić information content (AvgIpc) is 3.03. The Morgan fingerprint density at radius 2 is 2.00 bits per heavy atom. The molecule has 0 aromatic rings. The van der Waals surface area contributed by atoms with Crippen molar-refractivity contribution in [3.8, 4) is 0 Å². The summed E-state index contributed by atoms with van der Waals surface area (Å²) in [5.41, 5.74) is -1.22. The van der Waals surface area contributed by atoms with Gasteiger partial charge in [-0.2, -0.15) is 0 Å². The molecule has 9 heteroatoms. The zero-order chi connectivity index (χ0) is 24.3. The average molecular weight is 459 g/mol. The lowest BCUT2D eigenvalue weighted by molar-refractivity contribution is -0.160. The van der Waals surface area contributed by atoms with Gasteiger partial charge in [-0.3, -0.25) is 14.4 Å². The third-order valence-electron chi connectivity index (χ3n) is 7.71. The second-order valence-corrected chi connectivity index (χ2v) is 9.51. The molecule has 0 aromatic heterocycles. The number of methoxy groups -OCH3 is 1. The largest absolute Gasteiger partial charge is 0.504 e. The number of carbonyl (C=O) groups is 4. The zero-order valence-electron chi connectivity index (χ0n) is 19.4. The predicted molar refractivity (Wildman–Crippen MR) is 115 cm³/mol. The fourth-order valence-electron chi connectivity index (χ4n) is 6.24. The summed E-state index contributed by atoms with van der Waals surface area (Å²) in [6.45, 7) is 4.81. The highest BCUT2D eigenvalue weighted by molar-refractivity contribution is 6.14. The van der Waals surface area contributed by atoms with Gasteiger partial charge < -0.3 is 24.6 Å². The van der Waals surface area contributed by atoms with Crippen LogP contribution in [0.5, 0.6) is 0 Å². The summed E-state index contributed by atoms with van der Waals surface area (Å²) < 4.78 is 16.8. The number of aliphatic hydroxyl groups excluding tert-OH is 1. The highest BCUT2D eigenvalue weighted by Gasteiger charge is 2.64. The first-order chi connectivity index (χ1) is 15.5. The number of ketones is 2. The Hall–Kier alpha value is -2.94. The van der Waals surface area contributed by atoms with Gasteiger partial charge in [0.15, 0.2) is 5.76 Å². The molecular formula is C24H29NO8. The molecule has 0 bridgehead atoms. The van der Waals surface area contributed by atoms with Crippen molar-refractivity contribution < 1.29 is 38.5 Å². The number of aliphatic hydroxyl groups is 1. The Bertz CT molecular complexity index is 1050. The molecular weight excluding hydrogens is 430 g/mol. The maximum Gasteiger partial charge on any atom is 0.340 e. The van der Waals surface area contributed by atoms with E-state index in [-0.39, 0.29) is 35.5 Å². The summed E-state index contributed by atoms with van der Waals surface area (Å²) in [6, 6.07) is 0. The Labute approximate surface area is 191 Å². The normalized spacial score (nSPS) is 36.9. The number of carbonyl (C=O) groups excluding carboxylic acids is 4. The van der Waals surface area contributed by atoms with Crippen LogP contribution in [0.15, 0.2) is 34.3 Å². The summed E-state index contributed by atoms with van der Waals surface area (Å²) in [5.74, 6) is -2.89. The van der Waals surface area contributed by atoms with Crippen LogP contribution in [-0.2, 0) is 33.4 Å². The van der Waals surface area contributed by atoms with E-state index in [0.29, 0.717) is 18.4 Å². The van der Waals surface area contributed by atoms with Gasteiger partial charge in [0.1, 0.15) is 18.0 Å². The summed E-state index contributed by atoms with van der Waals surface area (Å²) in [5, 5.41) is 14.0. The second kappa shape index (κ2) is 7.83. The van der Waals surface area contributed by atoms with Crippen molar-refractivity contribution in [2.24, 2.45) is 16.7 Å². The number of cyclic esters (lactones) is 1. The van der Waals surface area contributed by atoms with E-state index in [2.05, 4.69) is 5.32 Å². The molecule has 9 nitrogen and oxygen atoms in total. The number of fused-ring (bicyclic) bond motifs is 4. The van der Waals surface area contributed by atoms with Crippen LogP contribution in [0.3, 0.4) is 0 Å². The van der Waals surface area contributed by atoms with Crippen molar-refractivity contribution in [3.05, 3.63) is 34.3 Å². The smallest absolute Gasteiger partial charge is 0.340 e. The summed E-state index contributed by atoms with van der Waals surface area (Å²) in [7, 11) is 3.05. The quantitative estimate of drug-likeness (QED) is 0.477. The Morgan fingerprint density at radius 1 is 1.30 bits per heavy atom. The third kappa shape index (κ3) is 3.08. The van der Waals surface area contributed by atoms with Crippen molar-refractivity contribution in [1.29, 1.82) is 0 Å². The number of nitrogens with one attached hydrogen (secondary N) is 1. The van der Waals surface area contributed by atoms with Gasteiger partial charge in [0, 0.05) is 62.6 Å². The van der Waals surface area contributed by atoms with Crippen molar-refractivity contribution in [2.45, 2.75) is 52.2 Å². The molecule has 178 valence electrons. The van der Waals surface area contributed by atoms with Crippen molar-refractivity contribution in [2.75, 3.05) is 20.8 Å². The number of esters is 2. The van der Waals surface area contributed by atoms with E-state index in [1.165, 1.54) is 20.2 Å². The molecule has 1 saturated carbocycles. The van der Waals surface area contributed by atoms with Gasteiger partial charge in [-0.15, -0.1) is 0 Å². The van der Waals surface area contributed by atoms with Crippen LogP contribution in [-0.4, -0.2) is 61.6 Å².